The predicted molar refractivity (Wildman–Crippen MR) is 115 cm³/mol. The SMILES string of the molecule is CCOc1ccccc1Nc1ccccc1C(=O)Nc1cccc(-c2nn[nH]n2)c1. The number of anilines is 3. The number of hydrogen-bond donors (Lipinski definition) is 3. The van der Waals surface area contributed by atoms with E-state index >= 15 is 0 Å². The van der Waals surface area contributed by atoms with Crippen LogP contribution in [0.5, 0.6) is 5.75 Å². The van der Waals surface area contributed by atoms with Crippen LogP contribution < -0.4 is 15.4 Å². The molecular weight excluding hydrogens is 380 g/mol. The Bertz CT molecular complexity index is 1140. The Morgan fingerprint density at radius 1 is 1.00 bits per heavy atom. The number of benzene rings is 3. The molecule has 0 atom stereocenters. The Morgan fingerprint density at radius 2 is 1.80 bits per heavy atom. The molecule has 8 nitrogen and oxygen atoms in total. The van der Waals surface area contributed by atoms with Gasteiger partial charge < -0.3 is 15.4 Å². The standard InChI is InChI=1S/C22H20N6O2/c1-2-30-20-13-6-5-12-19(20)24-18-11-4-3-10-17(18)22(29)23-16-9-7-8-15(14-16)21-25-27-28-26-21/h3-14,24H,2H2,1H3,(H,23,29)(H,25,26,27,28). The summed E-state index contributed by atoms with van der Waals surface area (Å²) in [5, 5.41) is 20.2. The molecule has 1 aromatic heterocycles. The first-order valence-corrected chi connectivity index (χ1v) is 9.47. The molecule has 4 rings (SSSR count). The molecule has 0 fully saturated rings. The highest BCUT2D eigenvalue weighted by molar-refractivity contribution is 6.08. The van der Waals surface area contributed by atoms with E-state index in [-0.39, 0.29) is 5.91 Å². The van der Waals surface area contributed by atoms with Crippen LogP contribution in [0.1, 0.15) is 17.3 Å². The fourth-order valence-corrected chi connectivity index (χ4v) is 3.01. The summed E-state index contributed by atoms with van der Waals surface area (Å²) < 4.78 is 5.67. The highest BCUT2D eigenvalue weighted by Gasteiger charge is 2.14. The second kappa shape index (κ2) is 8.87. The van der Waals surface area contributed by atoms with Gasteiger partial charge in [-0.2, -0.15) is 5.21 Å². The molecule has 3 aromatic carbocycles. The lowest BCUT2D eigenvalue weighted by Crippen LogP contribution is -2.14. The number of para-hydroxylation sites is 3. The summed E-state index contributed by atoms with van der Waals surface area (Å²) in [6, 6.07) is 22.2. The first-order valence-electron chi connectivity index (χ1n) is 9.47. The second-order valence-electron chi connectivity index (χ2n) is 6.37. The molecule has 0 bridgehead atoms. The molecule has 150 valence electrons. The van der Waals surface area contributed by atoms with E-state index in [9.17, 15) is 4.79 Å². The Kier molecular flexibility index (Phi) is 5.66. The largest absolute Gasteiger partial charge is 0.492 e. The Balaban J connectivity index is 1.57. The number of hydrogen-bond acceptors (Lipinski definition) is 6. The lowest BCUT2D eigenvalue weighted by Gasteiger charge is -2.15. The number of aromatic amines is 1. The van der Waals surface area contributed by atoms with Gasteiger partial charge in [0.15, 0.2) is 0 Å². The quantitative estimate of drug-likeness (QED) is 0.428. The van der Waals surface area contributed by atoms with Crippen LogP contribution in [0.2, 0.25) is 0 Å². The van der Waals surface area contributed by atoms with Gasteiger partial charge in [-0.15, -0.1) is 10.2 Å². The summed E-state index contributed by atoms with van der Waals surface area (Å²) in [5.74, 6) is 0.945. The molecule has 0 saturated heterocycles. The third-order valence-corrected chi connectivity index (χ3v) is 4.35. The van der Waals surface area contributed by atoms with Crippen LogP contribution in [0.25, 0.3) is 11.4 Å². The molecule has 0 saturated carbocycles. The van der Waals surface area contributed by atoms with Gasteiger partial charge in [0.05, 0.1) is 23.5 Å². The number of nitrogens with zero attached hydrogens (tertiary/aromatic N) is 3. The molecule has 0 unspecified atom stereocenters. The first-order chi connectivity index (χ1) is 14.7. The molecule has 1 heterocycles. The number of nitrogens with one attached hydrogen (secondary N) is 3. The van der Waals surface area contributed by atoms with Crippen LogP contribution >= 0.6 is 0 Å². The minimum atomic E-state index is -0.239. The first kappa shape index (κ1) is 19.1. The second-order valence-corrected chi connectivity index (χ2v) is 6.37. The van der Waals surface area contributed by atoms with Gasteiger partial charge in [0, 0.05) is 11.3 Å². The van der Waals surface area contributed by atoms with Gasteiger partial charge in [0.25, 0.3) is 5.91 Å². The van der Waals surface area contributed by atoms with Gasteiger partial charge in [-0.05, 0) is 48.5 Å². The van der Waals surface area contributed by atoms with Crippen molar-refractivity contribution >= 4 is 23.0 Å². The highest BCUT2D eigenvalue weighted by Crippen LogP contribution is 2.29. The number of tetrazole rings is 1. The minimum absolute atomic E-state index is 0.239. The van der Waals surface area contributed by atoms with Crippen molar-refractivity contribution in [3.05, 3.63) is 78.4 Å². The maximum Gasteiger partial charge on any atom is 0.257 e. The average Bonchev–Trinajstić information content (AvgIpc) is 3.31. The summed E-state index contributed by atoms with van der Waals surface area (Å²) in [4.78, 5) is 13.0. The van der Waals surface area contributed by atoms with Gasteiger partial charge in [0.1, 0.15) is 5.75 Å². The number of H-pyrrole nitrogens is 1. The van der Waals surface area contributed by atoms with Crippen LogP contribution in [0.4, 0.5) is 17.1 Å². The summed E-state index contributed by atoms with van der Waals surface area (Å²) in [6.45, 7) is 2.48. The number of carbonyl (C=O) groups is 1. The molecule has 0 aliphatic rings. The summed E-state index contributed by atoms with van der Waals surface area (Å²) in [7, 11) is 0. The lowest BCUT2D eigenvalue weighted by atomic mass is 10.1. The number of amides is 1. The summed E-state index contributed by atoms with van der Waals surface area (Å²) in [6.07, 6.45) is 0. The van der Waals surface area contributed by atoms with Gasteiger partial charge in [-0.25, -0.2) is 0 Å². The van der Waals surface area contributed by atoms with Gasteiger partial charge in [0.2, 0.25) is 5.82 Å². The topological polar surface area (TPSA) is 105 Å². The van der Waals surface area contributed by atoms with Gasteiger partial charge in [-0.3, -0.25) is 4.79 Å². The molecule has 30 heavy (non-hydrogen) atoms. The van der Waals surface area contributed by atoms with Crippen LogP contribution in [0, 0.1) is 0 Å². The number of carbonyl (C=O) groups excluding carboxylic acids is 1. The van der Waals surface area contributed by atoms with Crippen molar-refractivity contribution in [3.8, 4) is 17.1 Å². The zero-order chi connectivity index (χ0) is 20.8. The van der Waals surface area contributed by atoms with Crippen LogP contribution in [0.15, 0.2) is 72.8 Å². The molecule has 1 amide bonds. The van der Waals surface area contributed by atoms with E-state index < -0.39 is 0 Å². The Labute approximate surface area is 173 Å². The Hall–Kier alpha value is -4.20. The van der Waals surface area contributed by atoms with E-state index in [4.69, 9.17) is 4.74 Å². The normalized spacial score (nSPS) is 10.4. The van der Waals surface area contributed by atoms with E-state index in [1.807, 2.05) is 67.6 Å². The molecule has 0 aliphatic heterocycles. The van der Waals surface area contributed by atoms with Crippen molar-refractivity contribution in [1.82, 2.24) is 20.6 Å². The van der Waals surface area contributed by atoms with Gasteiger partial charge >= 0.3 is 0 Å². The zero-order valence-electron chi connectivity index (χ0n) is 16.3. The van der Waals surface area contributed by atoms with Crippen LogP contribution in [0.3, 0.4) is 0 Å². The number of rotatable bonds is 7. The monoisotopic (exact) mass is 400 g/mol. The minimum Gasteiger partial charge on any atom is -0.492 e. The lowest BCUT2D eigenvalue weighted by molar-refractivity contribution is 0.102. The number of aromatic nitrogens is 4. The van der Waals surface area contributed by atoms with E-state index in [1.165, 1.54) is 0 Å². The van der Waals surface area contributed by atoms with Crippen LogP contribution in [-0.4, -0.2) is 33.1 Å². The van der Waals surface area contributed by atoms with E-state index in [0.717, 1.165) is 17.0 Å². The van der Waals surface area contributed by atoms with E-state index in [1.54, 1.807) is 12.1 Å². The molecule has 8 heteroatoms. The third kappa shape index (κ3) is 4.27. The van der Waals surface area contributed by atoms with Crippen molar-refractivity contribution in [2.45, 2.75) is 6.92 Å². The van der Waals surface area contributed by atoms with Crippen LogP contribution in [-0.2, 0) is 0 Å². The Morgan fingerprint density at radius 3 is 2.60 bits per heavy atom. The summed E-state index contributed by atoms with van der Waals surface area (Å²) >= 11 is 0. The molecule has 4 aromatic rings. The molecule has 0 aliphatic carbocycles. The van der Waals surface area contributed by atoms with E-state index in [2.05, 4.69) is 31.3 Å². The zero-order valence-corrected chi connectivity index (χ0v) is 16.3. The molecule has 3 N–H and O–H groups in total. The van der Waals surface area contributed by atoms with Crippen molar-refractivity contribution < 1.29 is 9.53 Å². The predicted octanol–water partition coefficient (Wildman–Crippen LogP) is 4.26. The van der Waals surface area contributed by atoms with E-state index in [0.29, 0.717) is 29.4 Å². The average molecular weight is 400 g/mol. The number of ether oxygens (including phenoxy) is 1. The highest BCUT2D eigenvalue weighted by atomic mass is 16.5. The van der Waals surface area contributed by atoms with Crippen molar-refractivity contribution in [2.75, 3.05) is 17.2 Å². The maximum atomic E-state index is 13.0. The third-order valence-electron chi connectivity index (χ3n) is 4.35. The molecule has 0 spiro atoms. The molecular formula is C22H20N6O2. The van der Waals surface area contributed by atoms with Crippen molar-refractivity contribution in [3.63, 3.8) is 0 Å². The van der Waals surface area contributed by atoms with Crippen molar-refractivity contribution in [1.29, 1.82) is 0 Å². The smallest absolute Gasteiger partial charge is 0.257 e. The fraction of sp³-hybridized carbons (Fsp3) is 0.0909. The van der Waals surface area contributed by atoms with Crippen molar-refractivity contribution in [2.24, 2.45) is 0 Å². The molecule has 0 radical (unpaired) electrons. The van der Waals surface area contributed by atoms with Gasteiger partial charge in [-0.1, -0.05) is 36.4 Å². The fourth-order valence-electron chi connectivity index (χ4n) is 3.01. The summed E-state index contributed by atoms with van der Waals surface area (Å²) in [5.41, 5.74) is 3.36. The maximum absolute atomic E-state index is 13.0.